The molecule has 102 valence electrons. The van der Waals surface area contributed by atoms with Gasteiger partial charge in [-0.3, -0.25) is 0 Å². The summed E-state index contributed by atoms with van der Waals surface area (Å²) < 4.78 is 25.9. The number of nitrogens with zero attached hydrogens (tertiary/aromatic N) is 1. The van der Waals surface area contributed by atoms with Crippen LogP contribution >= 0.6 is 0 Å². The number of benzene rings is 1. The van der Waals surface area contributed by atoms with Gasteiger partial charge in [0.1, 0.15) is 0 Å². The molecule has 5 heteroatoms. The molecule has 18 heavy (non-hydrogen) atoms. The van der Waals surface area contributed by atoms with Crippen molar-refractivity contribution in [3.63, 3.8) is 0 Å². The topological polar surface area (TPSA) is 57.6 Å². The number of hydrogen-bond donors (Lipinski definition) is 1. The van der Waals surface area contributed by atoms with E-state index in [-0.39, 0.29) is 11.5 Å². The van der Waals surface area contributed by atoms with Crippen LogP contribution in [0.3, 0.4) is 0 Å². The fourth-order valence-electron chi connectivity index (χ4n) is 1.69. The summed E-state index contributed by atoms with van der Waals surface area (Å²) in [5.41, 5.74) is 0.609. The molecule has 0 aromatic heterocycles. The zero-order valence-corrected chi connectivity index (χ0v) is 11.8. The van der Waals surface area contributed by atoms with E-state index in [1.54, 1.807) is 25.2 Å². The molecule has 1 aromatic rings. The van der Waals surface area contributed by atoms with Gasteiger partial charge >= 0.3 is 0 Å². The third kappa shape index (κ3) is 3.80. The van der Waals surface area contributed by atoms with E-state index < -0.39 is 10.0 Å². The van der Waals surface area contributed by atoms with Crippen LogP contribution in [-0.4, -0.2) is 31.4 Å². The second kappa shape index (κ2) is 6.87. The van der Waals surface area contributed by atoms with Crippen LogP contribution in [-0.2, 0) is 16.6 Å². The molecule has 0 bridgehead atoms. The molecule has 0 unspecified atom stereocenters. The number of hydrogen-bond acceptors (Lipinski definition) is 3. The number of rotatable bonds is 7. The van der Waals surface area contributed by atoms with E-state index in [4.69, 9.17) is 5.11 Å². The van der Waals surface area contributed by atoms with Crippen molar-refractivity contribution in [3.05, 3.63) is 29.8 Å². The van der Waals surface area contributed by atoms with Crippen LogP contribution in [0.1, 0.15) is 31.7 Å². The summed E-state index contributed by atoms with van der Waals surface area (Å²) in [6.07, 6.45) is 2.95. The highest BCUT2D eigenvalue weighted by Crippen LogP contribution is 2.16. The lowest BCUT2D eigenvalue weighted by Crippen LogP contribution is -2.28. The predicted molar refractivity (Wildman–Crippen MR) is 71.7 cm³/mol. The highest BCUT2D eigenvalue weighted by Gasteiger charge is 2.20. The zero-order chi connectivity index (χ0) is 13.6. The molecule has 0 aliphatic rings. The van der Waals surface area contributed by atoms with Crippen LogP contribution in [0.2, 0.25) is 0 Å². The van der Waals surface area contributed by atoms with Gasteiger partial charge in [0.05, 0.1) is 11.5 Å². The molecule has 0 saturated heterocycles. The summed E-state index contributed by atoms with van der Waals surface area (Å²) in [6.45, 7) is 2.46. The maximum absolute atomic E-state index is 12.2. The van der Waals surface area contributed by atoms with E-state index in [1.165, 1.54) is 10.4 Å². The second-order valence-electron chi connectivity index (χ2n) is 4.34. The first-order valence-corrected chi connectivity index (χ1v) is 7.62. The zero-order valence-electron chi connectivity index (χ0n) is 11.0. The minimum Gasteiger partial charge on any atom is -0.392 e. The average Bonchev–Trinajstić information content (AvgIpc) is 2.39. The molecule has 0 radical (unpaired) electrons. The minimum atomic E-state index is -3.43. The Morgan fingerprint density at radius 3 is 2.61 bits per heavy atom. The summed E-state index contributed by atoms with van der Waals surface area (Å²) in [5, 5.41) is 9.03. The standard InChI is InChI=1S/C13H21NO3S/c1-3-4-5-9-14(2)18(16,17)13-8-6-7-12(10-13)11-15/h6-8,10,15H,3-5,9,11H2,1-2H3. The van der Waals surface area contributed by atoms with Gasteiger partial charge in [0.15, 0.2) is 0 Å². The fraction of sp³-hybridized carbons (Fsp3) is 0.538. The maximum atomic E-state index is 12.2. The molecule has 1 aromatic carbocycles. The van der Waals surface area contributed by atoms with Crippen LogP contribution in [0, 0.1) is 0 Å². The number of aliphatic hydroxyl groups is 1. The van der Waals surface area contributed by atoms with Crippen LogP contribution in [0.5, 0.6) is 0 Å². The van der Waals surface area contributed by atoms with Crippen molar-refractivity contribution < 1.29 is 13.5 Å². The van der Waals surface area contributed by atoms with Gasteiger partial charge in [-0.05, 0) is 24.1 Å². The van der Waals surface area contributed by atoms with Crippen LogP contribution < -0.4 is 0 Å². The van der Waals surface area contributed by atoms with Crippen molar-refractivity contribution >= 4 is 10.0 Å². The van der Waals surface area contributed by atoms with Gasteiger partial charge < -0.3 is 5.11 Å². The molecular formula is C13H21NO3S. The monoisotopic (exact) mass is 271 g/mol. The largest absolute Gasteiger partial charge is 0.392 e. The molecular weight excluding hydrogens is 250 g/mol. The second-order valence-corrected chi connectivity index (χ2v) is 6.38. The summed E-state index contributed by atoms with van der Waals surface area (Å²) in [7, 11) is -1.84. The van der Waals surface area contributed by atoms with E-state index >= 15 is 0 Å². The Balaban J connectivity index is 2.84. The molecule has 0 atom stereocenters. The van der Waals surface area contributed by atoms with Gasteiger partial charge in [-0.15, -0.1) is 0 Å². The first-order valence-electron chi connectivity index (χ1n) is 6.18. The van der Waals surface area contributed by atoms with E-state index in [0.29, 0.717) is 12.1 Å². The molecule has 0 aliphatic heterocycles. The molecule has 0 amide bonds. The van der Waals surface area contributed by atoms with Crippen LogP contribution in [0.15, 0.2) is 29.2 Å². The van der Waals surface area contributed by atoms with Crippen molar-refractivity contribution in [3.8, 4) is 0 Å². The van der Waals surface area contributed by atoms with Gasteiger partial charge in [0.25, 0.3) is 0 Å². The van der Waals surface area contributed by atoms with E-state index in [9.17, 15) is 8.42 Å². The molecule has 0 saturated carbocycles. The summed E-state index contributed by atoms with van der Waals surface area (Å²) in [4.78, 5) is 0.244. The minimum absolute atomic E-state index is 0.150. The van der Waals surface area contributed by atoms with Gasteiger partial charge in [-0.25, -0.2) is 12.7 Å². The molecule has 4 nitrogen and oxygen atoms in total. The maximum Gasteiger partial charge on any atom is 0.242 e. The third-order valence-corrected chi connectivity index (χ3v) is 4.72. The van der Waals surface area contributed by atoms with Crippen LogP contribution in [0.4, 0.5) is 0 Å². The van der Waals surface area contributed by atoms with Crippen LogP contribution in [0.25, 0.3) is 0 Å². The molecule has 0 aliphatic carbocycles. The Hall–Kier alpha value is -0.910. The molecule has 1 N–H and O–H groups in total. The highest BCUT2D eigenvalue weighted by molar-refractivity contribution is 7.89. The first-order chi connectivity index (χ1) is 8.52. The number of unbranched alkanes of at least 4 members (excludes halogenated alkanes) is 2. The van der Waals surface area contributed by atoms with Crippen molar-refractivity contribution in [2.45, 2.75) is 37.7 Å². The Labute approximate surface area is 109 Å². The lowest BCUT2D eigenvalue weighted by molar-refractivity contribution is 0.281. The smallest absolute Gasteiger partial charge is 0.242 e. The molecule has 0 heterocycles. The third-order valence-electron chi connectivity index (χ3n) is 2.87. The molecule has 0 fully saturated rings. The number of aliphatic hydroxyl groups excluding tert-OH is 1. The first kappa shape index (κ1) is 15.1. The summed E-state index contributed by atoms with van der Waals surface area (Å²) >= 11 is 0. The Bertz CT molecular complexity index is 471. The van der Waals surface area contributed by atoms with E-state index in [2.05, 4.69) is 6.92 Å². The molecule has 1 rings (SSSR count). The SMILES string of the molecule is CCCCCN(C)S(=O)(=O)c1cccc(CO)c1. The van der Waals surface area contributed by atoms with Crippen molar-refractivity contribution in [2.75, 3.05) is 13.6 Å². The Morgan fingerprint density at radius 1 is 1.28 bits per heavy atom. The van der Waals surface area contributed by atoms with Gasteiger partial charge in [0.2, 0.25) is 10.0 Å². The van der Waals surface area contributed by atoms with Crippen molar-refractivity contribution in [1.29, 1.82) is 0 Å². The lowest BCUT2D eigenvalue weighted by Gasteiger charge is -2.17. The van der Waals surface area contributed by atoms with Gasteiger partial charge in [0, 0.05) is 13.6 Å². The predicted octanol–water partition coefficient (Wildman–Crippen LogP) is 1.99. The summed E-state index contributed by atoms with van der Waals surface area (Å²) in [6, 6.07) is 6.44. The van der Waals surface area contributed by atoms with Gasteiger partial charge in [-0.1, -0.05) is 31.9 Å². The van der Waals surface area contributed by atoms with Crippen molar-refractivity contribution in [2.24, 2.45) is 0 Å². The quantitative estimate of drug-likeness (QED) is 0.772. The lowest BCUT2D eigenvalue weighted by atomic mass is 10.2. The molecule has 0 spiro atoms. The number of sulfonamides is 1. The Morgan fingerprint density at radius 2 is 2.00 bits per heavy atom. The fourth-order valence-corrected chi connectivity index (χ4v) is 2.97. The Kier molecular flexibility index (Phi) is 5.78. The average molecular weight is 271 g/mol. The van der Waals surface area contributed by atoms with Crippen molar-refractivity contribution in [1.82, 2.24) is 4.31 Å². The van der Waals surface area contributed by atoms with E-state index in [1.807, 2.05) is 0 Å². The highest BCUT2D eigenvalue weighted by atomic mass is 32.2. The van der Waals surface area contributed by atoms with E-state index in [0.717, 1.165) is 19.3 Å². The normalized spacial score (nSPS) is 12.0. The van der Waals surface area contributed by atoms with Gasteiger partial charge in [-0.2, -0.15) is 0 Å². The summed E-state index contributed by atoms with van der Waals surface area (Å²) in [5.74, 6) is 0.